The first-order chi connectivity index (χ1) is 10.3. The van der Waals surface area contributed by atoms with Crippen LogP contribution in [0.15, 0.2) is 24.3 Å². The van der Waals surface area contributed by atoms with Gasteiger partial charge in [0.15, 0.2) is 0 Å². The number of hydrogen-bond donors (Lipinski definition) is 2. The van der Waals surface area contributed by atoms with Crippen LogP contribution in [0.25, 0.3) is 0 Å². The van der Waals surface area contributed by atoms with Crippen molar-refractivity contribution in [2.45, 2.75) is 25.7 Å². The van der Waals surface area contributed by atoms with Gasteiger partial charge in [-0.15, -0.1) is 13.2 Å². The molecule has 1 aliphatic heterocycles. The maximum absolute atomic E-state index is 12.2. The van der Waals surface area contributed by atoms with E-state index in [9.17, 15) is 18.0 Å². The van der Waals surface area contributed by atoms with Crippen molar-refractivity contribution in [3.8, 4) is 5.75 Å². The molecule has 2 rings (SSSR count). The Bertz CT molecular complexity index is 519. The number of nitrogens with zero attached hydrogens (tertiary/aromatic N) is 1. The molecule has 0 saturated carbocycles. The van der Waals surface area contributed by atoms with Crippen LogP contribution in [-0.4, -0.2) is 36.4 Å². The first-order valence-corrected chi connectivity index (χ1v) is 6.92. The second-order valence-corrected chi connectivity index (χ2v) is 5.34. The number of nitrogens with one attached hydrogen (secondary N) is 1. The normalized spacial score (nSPS) is 21.8. The van der Waals surface area contributed by atoms with Gasteiger partial charge in [-0.3, -0.25) is 0 Å². The highest BCUT2D eigenvalue weighted by molar-refractivity contribution is 5.89. The van der Waals surface area contributed by atoms with Gasteiger partial charge in [-0.25, -0.2) is 4.79 Å². The topological polar surface area (TPSA) is 67.6 Å². The lowest BCUT2D eigenvalue weighted by molar-refractivity contribution is -0.274. The molecule has 22 heavy (non-hydrogen) atoms. The van der Waals surface area contributed by atoms with Crippen molar-refractivity contribution in [2.75, 3.05) is 18.4 Å². The Morgan fingerprint density at radius 2 is 2.05 bits per heavy atom. The lowest BCUT2D eigenvalue weighted by atomic mass is 10.1. The van der Waals surface area contributed by atoms with Crippen LogP contribution in [-0.2, 0) is 0 Å². The Morgan fingerprint density at radius 1 is 1.41 bits per heavy atom. The third-order valence-electron chi connectivity index (χ3n) is 3.59. The molecule has 2 amide bonds. The first kappa shape index (κ1) is 16.4. The molecule has 1 fully saturated rings. The second-order valence-electron chi connectivity index (χ2n) is 5.34. The van der Waals surface area contributed by atoms with Crippen LogP contribution in [0.4, 0.5) is 23.7 Å². The number of hydrogen-bond acceptors (Lipinski definition) is 3. The summed E-state index contributed by atoms with van der Waals surface area (Å²) in [7, 11) is 0. The lowest BCUT2D eigenvalue weighted by Gasteiger charge is -2.22. The van der Waals surface area contributed by atoms with Crippen molar-refractivity contribution in [2.24, 2.45) is 11.7 Å². The average Bonchev–Trinajstić information content (AvgIpc) is 2.81. The van der Waals surface area contributed by atoms with E-state index in [0.717, 1.165) is 18.6 Å². The van der Waals surface area contributed by atoms with E-state index >= 15 is 0 Å². The SMILES string of the molecule is CC1CC(CN)CN1C(=O)Nc1ccc(OC(F)(F)F)cc1. The summed E-state index contributed by atoms with van der Waals surface area (Å²) in [6.07, 6.45) is -3.88. The number of amides is 2. The van der Waals surface area contributed by atoms with Gasteiger partial charge in [-0.2, -0.15) is 0 Å². The van der Waals surface area contributed by atoms with E-state index in [1.807, 2.05) is 6.92 Å². The maximum Gasteiger partial charge on any atom is 0.573 e. The smallest absolute Gasteiger partial charge is 0.406 e. The molecule has 1 heterocycles. The molecule has 1 aliphatic rings. The Labute approximate surface area is 126 Å². The molecule has 0 radical (unpaired) electrons. The van der Waals surface area contributed by atoms with Crippen LogP contribution in [0.2, 0.25) is 0 Å². The molecule has 0 aromatic heterocycles. The van der Waals surface area contributed by atoms with Gasteiger partial charge in [-0.05, 0) is 50.1 Å². The number of ether oxygens (including phenoxy) is 1. The minimum Gasteiger partial charge on any atom is -0.406 e. The monoisotopic (exact) mass is 317 g/mol. The summed E-state index contributed by atoms with van der Waals surface area (Å²) in [6, 6.07) is 4.83. The number of nitrogens with two attached hydrogens (primary N) is 1. The van der Waals surface area contributed by atoms with Gasteiger partial charge >= 0.3 is 12.4 Å². The van der Waals surface area contributed by atoms with E-state index in [1.165, 1.54) is 12.1 Å². The zero-order valence-electron chi connectivity index (χ0n) is 12.1. The Morgan fingerprint density at radius 3 is 2.55 bits per heavy atom. The first-order valence-electron chi connectivity index (χ1n) is 6.92. The van der Waals surface area contributed by atoms with E-state index in [-0.39, 0.29) is 23.7 Å². The number of benzene rings is 1. The molecule has 1 aromatic rings. The number of rotatable bonds is 3. The van der Waals surface area contributed by atoms with Crippen LogP contribution in [0.1, 0.15) is 13.3 Å². The average molecular weight is 317 g/mol. The molecular formula is C14H18F3N3O2. The molecule has 8 heteroatoms. The van der Waals surface area contributed by atoms with Crippen LogP contribution in [0.3, 0.4) is 0 Å². The number of urea groups is 1. The summed E-state index contributed by atoms with van der Waals surface area (Å²) in [5.74, 6) is -0.0495. The van der Waals surface area contributed by atoms with E-state index < -0.39 is 6.36 Å². The van der Waals surface area contributed by atoms with Gasteiger partial charge in [0.1, 0.15) is 5.75 Å². The zero-order valence-corrected chi connectivity index (χ0v) is 12.1. The van der Waals surface area contributed by atoms with E-state index in [4.69, 9.17) is 5.73 Å². The van der Waals surface area contributed by atoms with Crippen molar-refractivity contribution in [1.29, 1.82) is 0 Å². The van der Waals surface area contributed by atoms with E-state index in [0.29, 0.717) is 18.8 Å². The minimum absolute atomic E-state index is 0.0846. The Hall–Kier alpha value is -1.96. The fourth-order valence-corrected chi connectivity index (χ4v) is 2.53. The van der Waals surface area contributed by atoms with E-state index in [1.54, 1.807) is 4.90 Å². The van der Waals surface area contributed by atoms with Crippen LogP contribution >= 0.6 is 0 Å². The van der Waals surface area contributed by atoms with Crippen molar-refractivity contribution in [1.82, 2.24) is 4.90 Å². The fourth-order valence-electron chi connectivity index (χ4n) is 2.53. The van der Waals surface area contributed by atoms with Gasteiger partial charge < -0.3 is 20.7 Å². The molecule has 2 atom stereocenters. The molecular weight excluding hydrogens is 299 g/mol. The zero-order chi connectivity index (χ0) is 16.3. The number of carbonyl (C=O) groups is 1. The lowest BCUT2D eigenvalue weighted by Crippen LogP contribution is -2.37. The molecule has 122 valence electrons. The quantitative estimate of drug-likeness (QED) is 0.901. The fraction of sp³-hybridized carbons (Fsp3) is 0.500. The van der Waals surface area contributed by atoms with Crippen LogP contribution in [0.5, 0.6) is 5.75 Å². The summed E-state index contributed by atoms with van der Waals surface area (Å²) in [5.41, 5.74) is 6.02. The number of halogens is 3. The highest BCUT2D eigenvalue weighted by Crippen LogP contribution is 2.25. The Balaban J connectivity index is 1.95. The summed E-state index contributed by atoms with van der Waals surface area (Å²) >= 11 is 0. The summed E-state index contributed by atoms with van der Waals surface area (Å²) in [4.78, 5) is 13.8. The standard InChI is InChI=1S/C14H18F3N3O2/c1-9-6-10(7-18)8-20(9)13(21)19-11-2-4-12(5-3-11)22-14(15,16)17/h2-5,9-10H,6-8,18H2,1H3,(H,19,21). The van der Waals surface area contributed by atoms with Gasteiger partial charge in [0, 0.05) is 18.3 Å². The molecule has 0 spiro atoms. The van der Waals surface area contributed by atoms with Crippen LogP contribution in [0, 0.1) is 5.92 Å². The molecule has 0 bridgehead atoms. The van der Waals surface area contributed by atoms with Crippen LogP contribution < -0.4 is 15.8 Å². The number of alkyl halides is 3. The van der Waals surface area contributed by atoms with Crippen molar-refractivity contribution in [3.63, 3.8) is 0 Å². The molecule has 3 N–H and O–H groups in total. The van der Waals surface area contributed by atoms with Crippen molar-refractivity contribution in [3.05, 3.63) is 24.3 Å². The van der Waals surface area contributed by atoms with Crippen molar-refractivity contribution >= 4 is 11.7 Å². The molecule has 1 saturated heterocycles. The Kier molecular flexibility index (Phi) is 4.80. The molecule has 0 aliphatic carbocycles. The van der Waals surface area contributed by atoms with Gasteiger partial charge in [0.25, 0.3) is 0 Å². The predicted molar refractivity (Wildman–Crippen MR) is 75.5 cm³/mol. The third-order valence-corrected chi connectivity index (χ3v) is 3.59. The predicted octanol–water partition coefficient (Wildman–Crippen LogP) is 2.79. The summed E-state index contributed by atoms with van der Waals surface area (Å²) in [6.45, 7) is 3.05. The minimum atomic E-state index is -4.73. The van der Waals surface area contributed by atoms with Gasteiger partial charge in [0.2, 0.25) is 0 Å². The second kappa shape index (κ2) is 6.43. The molecule has 1 aromatic carbocycles. The maximum atomic E-state index is 12.2. The number of likely N-dealkylation sites (tertiary alicyclic amines) is 1. The van der Waals surface area contributed by atoms with Crippen molar-refractivity contribution < 1.29 is 22.7 Å². The highest BCUT2D eigenvalue weighted by Gasteiger charge is 2.32. The largest absolute Gasteiger partial charge is 0.573 e. The summed E-state index contributed by atoms with van der Waals surface area (Å²) in [5, 5.41) is 2.66. The molecule has 2 unspecified atom stereocenters. The highest BCUT2D eigenvalue weighted by atomic mass is 19.4. The summed E-state index contributed by atoms with van der Waals surface area (Å²) < 4.78 is 40.0. The number of carbonyl (C=O) groups excluding carboxylic acids is 1. The third kappa shape index (κ3) is 4.27. The number of anilines is 1. The molecule has 5 nitrogen and oxygen atoms in total. The van der Waals surface area contributed by atoms with Gasteiger partial charge in [-0.1, -0.05) is 0 Å². The van der Waals surface area contributed by atoms with E-state index in [2.05, 4.69) is 10.1 Å². The van der Waals surface area contributed by atoms with Gasteiger partial charge in [0.05, 0.1) is 0 Å².